The molecule has 0 saturated heterocycles. The lowest BCUT2D eigenvalue weighted by molar-refractivity contribution is -0.142. The molecule has 0 spiro atoms. The van der Waals surface area contributed by atoms with Crippen LogP contribution in [0.1, 0.15) is 71.8 Å². The number of guanidine groups is 2. The summed E-state index contributed by atoms with van der Waals surface area (Å²) >= 11 is 0. The summed E-state index contributed by atoms with van der Waals surface area (Å²) in [6.45, 7) is 7.04. The smallest absolute Gasteiger partial charge is 0.326 e. The minimum absolute atomic E-state index is 0.0409. The fourth-order valence-electron chi connectivity index (χ4n) is 5.28. The molecule has 0 aliphatic heterocycles. The summed E-state index contributed by atoms with van der Waals surface area (Å²) < 4.78 is 0. The summed E-state index contributed by atoms with van der Waals surface area (Å²) in [6.07, 6.45) is 1.65. The van der Waals surface area contributed by atoms with E-state index in [1.54, 1.807) is 20.8 Å². The van der Waals surface area contributed by atoms with Crippen LogP contribution in [0.5, 0.6) is 0 Å². The van der Waals surface area contributed by atoms with E-state index in [9.17, 15) is 33.9 Å². The molecule has 0 fully saturated rings. The monoisotopic (exact) mass is 760 g/mol. The Morgan fingerprint density at radius 3 is 1.74 bits per heavy atom. The molecule has 1 aromatic rings. The molecule has 302 valence electrons. The predicted octanol–water partition coefficient (Wildman–Crippen LogP) is -1.68. The van der Waals surface area contributed by atoms with Gasteiger partial charge in [-0.1, -0.05) is 64.4 Å². The Balaban J connectivity index is 3.05. The highest BCUT2D eigenvalue weighted by molar-refractivity contribution is 5.95. The maximum atomic E-state index is 13.6. The van der Waals surface area contributed by atoms with Crippen LogP contribution in [0, 0.1) is 22.7 Å². The summed E-state index contributed by atoms with van der Waals surface area (Å²) in [7, 11) is 0. The molecule has 0 aromatic heterocycles. The Morgan fingerprint density at radius 2 is 1.24 bits per heavy atom. The molecule has 0 heterocycles. The van der Waals surface area contributed by atoms with Crippen molar-refractivity contribution in [1.82, 2.24) is 37.2 Å². The Labute approximate surface area is 316 Å². The highest BCUT2D eigenvalue weighted by Gasteiger charge is 2.32. The molecule has 6 atom stereocenters. The SMILES string of the molecule is CC[C@H](C)[C@H](NC(=O)[C@H](CCCNC(=N)N)NC(=O)[C@@H](N)Cc1ccccc1)C(=O)NCC(=O)N[C@@H](CCCNC(=N)N)C(=O)N[C@@H](CC(C)C)C(=O)O. The van der Waals surface area contributed by atoms with Gasteiger partial charge in [0.05, 0.1) is 12.6 Å². The van der Waals surface area contributed by atoms with Gasteiger partial charge < -0.3 is 59.5 Å². The van der Waals surface area contributed by atoms with Crippen LogP contribution in [-0.4, -0.2) is 102 Å². The number of amides is 5. The number of aliphatic carboxylic acids is 1. The molecular formula is C35H60N12O7. The van der Waals surface area contributed by atoms with E-state index in [1.807, 2.05) is 37.3 Å². The third kappa shape index (κ3) is 18.9. The van der Waals surface area contributed by atoms with Gasteiger partial charge in [0.1, 0.15) is 24.2 Å². The van der Waals surface area contributed by atoms with Crippen molar-refractivity contribution in [3.05, 3.63) is 35.9 Å². The van der Waals surface area contributed by atoms with Gasteiger partial charge in [-0.05, 0) is 55.9 Å². The first kappa shape index (κ1) is 46.6. The van der Waals surface area contributed by atoms with Crippen molar-refractivity contribution in [1.29, 1.82) is 10.8 Å². The third-order valence-corrected chi connectivity index (χ3v) is 8.43. The minimum atomic E-state index is -1.23. The largest absolute Gasteiger partial charge is 0.480 e. The van der Waals surface area contributed by atoms with Crippen LogP contribution in [0.2, 0.25) is 0 Å². The van der Waals surface area contributed by atoms with Crippen LogP contribution in [0.3, 0.4) is 0 Å². The van der Waals surface area contributed by atoms with E-state index in [0.29, 0.717) is 12.8 Å². The van der Waals surface area contributed by atoms with Crippen molar-refractivity contribution >= 4 is 47.4 Å². The van der Waals surface area contributed by atoms with Gasteiger partial charge in [-0.15, -0.1) is 0 Å². The van der Waals surface area contributed by atoms with Gasteiger partial charge in [-0.3, -0.25) is 34.8 Å². The van der Waals surface area contributed by atoms with Gasteiger partial charge in [0.15, 0.2) is 11.9 Å². The quantitative estimate of drug-likeness (QED) is 0.0302. The van der Waals surface area contributed by atoms with Crippen molar-refractivity contribution in [2.45, 2.75) is 103 Å². The number of carbonyl (C=O) groups is 6. The first-order valence-electron chi connectivity index (χ1n) is 18.1. The molecule has 19 nitrogen and oxygen atoms in total. The molecule has 0 radical (unpaired) electrons. The number of nitrogens with one attached hydrogen (secondary N) is 9. The lowest BCUT2D eigenvalue weighted by Crippen LogP contribution is -2.58. The number of benzene rings is 1. The second-order valence-corrected chi connectivity index (χ2v) is 13.6. The molecule has 16 N–H and O–H groups in total. The Kier molecular flexibility index (Phi) is 21.3. The summed E-state index contributed by atoms with van der Waals surface area (Å²) in [5.74, 6) is -5.61. The number of hydrogen-bond donors (Lipinski definition) is 13. The molecule has 0 bridgehead atoms. The van der Waals surface area contributed by atoms with E-state index in [1.165, 1.54) is 0 Å². The molecule has 0 aliphatic carbocycles. The Morgan fingerprint density at radius 1 is 0.722 bits per heavy atom. The Hall–Kier alpha value is -5.46. The molecule has 1 aromatic carbocycles. The maximum Gasteiger partial charge on any atom is 0.326 e. The molecule has 0 saturated carbocycles. The van der Waals surface area contributed by atoms with Crippen LogP contribution >= 0.6 is 0 Å². The fourth-order valence-corrected chi connectivity index (χ4v) is 5.28. The van der Waals surface area contributed by atoms with Crippen molar-refractivity contribution in [2.24, 2.45) is 29.0 Å². The van der Waals surface area contributed by atoms with Crippen molar-refractivity contribution in [2.75, 3.05) is 19.6 Å². The molecular weight excluding hydrogens is 700 g/mol. The van der Waals surface area contributed by atoms with Gasteiger partial charge in [0.2, 0.25) is 29.5 Å². The number of carboxylic acids is 1. The van der Waals surface area contributed by atoms with E-state index >= 15 is 0 Å². The van der Waals surface area contributed by atoms with Gasteiger partial charge in [0, 0.05) is 13.1 Å². The molecule has 0 unspecified atom stereocenters. The number of nitrogens with two attached hydrogens (primary N) is 3. The minimum Gasteiger partial charge on any atom is -0.480 e. The van der Waals surface area contributed by atoms with E-state index in [4.69, 9.17) is 28.0 Å². The van der Waals surface area contributed by atoms with Gasteiger partial charge in [0.25, 0.3) is 0 Å². The standard InChI is InChI=1S/C35H60N12O7/c1-5-21(4)28(47-31(51)25(14-10-16-42-35(39)40)45-29(49)23(36)18-22-11-7-6-8-12-22)32(52)43-19-27(48)44-24(13-9-15-41-34(37)38)30(50)46-26(33(53)54)17-20(2)3/h6-8,11-12,20-21,23-26,28H,5,9-10,13-19,36H2,1-4H3,(H,43,52)(H,44,48)(H,45,49)(H,46,50)(H,47,51)(H,53,54)(H4,37,38,41)(H4,39,40,42)/t21-,23-,24-,25-,26-,28-/m0/s1. The van der Waals surface area contributed by atoms with E-state index in [0.717, 1.165) is 5.56 Å². The van der Waals surface area contributed by atoms with Crippen molar-refractivity contribution in [3.63, 3.8) is 0 Å². The first-order valence-corrected chi connectivity index (χ1v) is 18.1. The summed E-state index contributed by atoms with van der Waals surface area (Å²) in [5, 5.41) is 42.4. The number of rotatable bonds is 25. The highest BCUT2D eigenvalue weighted by Crippen LogP contribution is 2.11. The zero-order chi connectivity index (χ0) is 40.8. The molecule has 54 heavy (non-hydrogen) atoms. The maximum absolute atomic E-state index is 13.6. The molecule has 0 aliphatic rings. The van der Waals surface area contributed by atoms with E-state index < -0.39 is 78.2 Å². The van der Waals surface area contributed by atoms with Gasteiger partial charge >= 0.3 is 5.97 Å². The van der Waals surface area contributed by atoms with Crippen molar-refractivity contribution < 1.29 is 33.9 Å². The average molecular weight is 761 g/mol. The average Bonchev–Trinajstić information content (AvgIpc) is 3.11. The molecule has 19 heteroatoms. The number of carbonyl (C=O) groups excluding carboxylic acids is 5. The number of hydrogen-bond acceptors (Lipinski definition) is 9. The third-order valence-electron chi connectivity index (χ3n) is 8.43. The normalized spacial score (nSPS) is 14.2. The van der Waals surface area contributed by atoms with Crippen LogP contribution in [0.25, 0.3) is 0 Å². The molecule has 1 rings (SSSR count). The summed E-state index contributed by atoms with van der Waals surface area (Å²) in [6, 6.07) is 3.58. The zero-order valence-corrected chi connectivity index (χ0v) is 31.6. The van der Waals surface area contributed by atoms with Crippen molar-refractivity contribution in [3.8, 4) is 0 Å². The highest BCUT2D eigenvalue weighted by atomic mass is 16.4. The molecule has 5 amide bonds. The summed E-state index contributed by atoms with van der Waals surface area (Å²) in [4.78, 5) is 78.1. The lowest BCUT2D eigenvalue weighted by atomic mass is 9.97. The van der Waals surface area contributed by atoms with Gasteiger partial charge in [-0.25, -0.2) is 4.79 Å². The van der Waals surface area contributed by atoms with Crippen LogP contribution < -0.4 is 54.4 Å². The summed E-state index contributed by atoms with van der Waals surface area (Å²) in [5.41, 5.74) is 17.7. The number of carboxylic acid groups (broad SMARTS) is 1. The van der Waals surface area contributed by atoms with E-state index in [-0.39, 0.29) is 63.0 Å². The second-order valence-electron chi connectivity index (χ2n) is 13.6. The fraction of sp³-hybridized carbons (Fsp3) is 0.600. The van der Waals surface area contributed by atoms with E-state index in [2.05, 4.69) is 37.2 Å². The van der Waals surface area contributed by atoms with Gasteiger partial charge in [-0.2, -0.15) is 0 Å². The lowest BCUT2D eigenvalue weighted by Gasteiger charge is -2.27. The van der Waals surface area contributed by atoms with Crippen LogP contribution in [0.15, 0.2) is 30.3 Å². The predicted molar refractivity (Wildman–Crippen MR) is 204 cm³/mol. The topological polar surface area (TPSA) is 333 Å². The second kappa shape index (κ2) is 24.7. The van der Waals surface area contributed by atoms with Crippen LogP contribution in [-0.2, 0) is 35.2 Å². The zero-order valence-electron chi connectivity index (χ0n) is 31.6. The first-order chi connectivity index (χ1) is 25.4. The van der Waals surface area contributed by atoms with Crippen LogP contribution in [0.4, 0.5) is 0 Å². The Bertz CT molecular complexity index is 1410.